The van der Waals surface area contributed by atoms with Crippen molar-refractivity contribution in [1.29, 1.82) is 0 Å². The van der Waals surface area contributed by atoms with Crippen LogP contribution in [0.2, 0.25) is 5.02 Å². The number of sulfonamides is 1. The number of fused-ring (bicyclic) bond motifs is 1. The summed E-state index contributed by atoms with van der Waals surface area (Å²) in [5.74, 6) is -0.821. The van der Waals surface area contributed by atoms with Crippen LogP contribution in [0.5, 0.6) is 17.4 Å². The lowest BCUT2D eigenvalue weighted by Gasteiger charge is -2.41. The zero-order valence-corrected chi connectivity index (χ0v) is 30.7. The summed E-state index contributed by atoms with van der Waals surface area (Å²) in [6.07, 6.45) is 5.30. The van der Waals surface area contributed by atoms with Crippen molar-refractivity contribution in [2.75, 3.05) is 57.9 Å². The minimum atomic E-state index is -4.83. The van der Waals surface area contributed by atoms with Crippen LogP contribution in [-0.2, 0) is 20.4 Å². The smallest absolute Gasteiger partial charge is 0.318 e. The van der Waals surface area contributed by atoms with Gasteiger partial charge >= 0.3 is 6.03 Å². The molecule has 51 heavy (non-hydrogen) atoms. The second kappa shape index (κ2) is 14.8. The van der Waals surface area contributed by atoms with E-state index in [1.807, 2.05) is 0 Å². The fourth-order valence-electron chi connectivity index (χ4n) is 7.64. The number of halogens is 2. The topological polar surface area (TPSA) is 131 Å². The molecule has 3 amide bonds. The van der Waals surface area contributed by atoms with Crippen molar-refractivity contribution < 1.29 is 36.6 Å². The lowest BCUT2D eigenvalue weighted by atomic mass is 9.79. The number of hydrogen-bond acceptors (Lipinski definition) is 9. The van der Waals surface area contributed by atoms with Crippen molar-refractivity contribution in [2.24, 2.45) is 11.8 Å². The van der Waals surface area contributed by atoms with Gasteiger partial charge in [0.25, 0.3) is 15.9 Å². The molecule has 0 radical (unpaired) electrons. The number of hydrogen-bond donors (Lipinski definition) is 1. The Morgan fingerprint density at radius 1 is 1.00 bits per heavy atom. The zero-order chi connectivity index (χ0) is 36.5. The molecule has 1 unspecified atom stereocenters. The number of benzene rings is 2. The number of nitrogens with one attached hydrogen (secondary N) is 1. The predicted molar refractivity (Wildman–Crippen MR) is 189 cm³/mol. The molecule has 1 aromatic heterocycles. The quantitative estimate of drug-likeness (QED) is 0.289. The molecule has 12 nitrogen and oxygen atoms in total. The number of nitrogens with zero attached hydrogens (tertiary/aromatic N) is 4. The van der Waals surface area contributed by atoms with Crippen LogP contribution in [-0.4, -0.2) is 88.7 Å². The molecule has 0 aliphatic carbocycles. The van der Waals surface area contributed by atoms with Gasteiger partial charge in [-0.15, -0.1) is 0 Å². The maximum Gasteiger partial charge on any atom is 0.318 e. The summed E-state index contributed by atoms with van der Waals surface area (Å²) in [4.78, 5) is 37.5. The number of likely N-dealkylation sites (tertiary alicyclic amines) is 2. The van der Waals surface area contributed by atoms with E-state index in [1.165, 1.54) is 50.7 Å². The third kappa shape index (κ3) is 6.57. The fourth-order valence-corrected chi connectivity index (χ4v) is 9.40. The number of rotatable bonds is 10. The van der Waals surface area contributed by atoms with Gasteiger partial charge in [0.15, 0.2) is 5.54 Å². The van der Waals surface area contributed by atoms with Crippen LogP contribution in [0.15, 0.2) is 53.6 Å². The number of piperidine rings is 2. The third-order valence-corrected chi connectivity index (χ3v) is 12.4. The molecule has 2 fully saturated rings. The van der Waals surface area contributed by atoms with Gasteiger partial charge in [0.1, 0.15) is 22.2 Å². The van der Waals surface area contributed by atoms with Gasteiger partial charge in [-0.2, -0.15) is 4.31 Å². The fraction of sp³-hybridized carbons (Fsp3) is 0.472. The molecule has 2 aromatic carbocycles. The van der Waals surface area contributed by atoms with Gasteiger partial charge < -0.3 is 29.3 Å². The molecule has 3 aliphatic rings. The van der Waals surface area contributed by atoms with Gasteiger partial charge in [-0.1, -0.05) is 18.5 Å². The number of pyridine rings is 1. The monoisotopic (exact) mass is 743 g/mol. The van der Waals surface area contributed by atoms with Crippen molar-refractivity contribution in [3.05, 3.63) is 70.6 Å². The first-order chi connectivity index (χ1) is 24.5. The zero-order valence-electron chi connectivity index (χ0n) is 29.2. The molecule has 1 N–H and O–H groups in total. The summed E-state index contributed by atoms with van der Waals surface area (Å²) in [5, 5.41) is 2.53. The number of methoxy groups -OCH3 is 2. The van der Waals surface area contributed by atoms with Crippen molar-refractivity contribution >= 4 is 39.2 Å². The summed E-state index contributed by atoms with van der Waals surface area (Å²) < 4.78 is 61.4. The van der Waals surface area contributed by atoms with Crippen molar-refractivity contribution in [1.82, 2.24) is 20.1 Å². The van der Waals surface area contributed by atoms with Gasteiger partial charge in [0.05, 0.1) is 37.1 Å². The number of ether oxygens (including phenoxy) is 3. The van der Waals surface area contributed by atoms with Crippen molar-refractivity contribution in [3.8, 4) is 17.4 Å². The number of urea groups is 1. The largest absolute Gasteiger partial charge is 0.497 e. The number of anilines is 1. The molecular weight excluding hydrogens is 701 g/mol. The number of aromatic nitrogens is 1. The highest BCUT2D eigenvalue weighted by Gasteiger charge is 2.59. The van der Waals surface area contributed by atoms with E-state index in [0.29, 0.717) is 35.0 Å². The summed E-state index contributed by atoms with van der Waals surface area (Å²) in [5.41, 5.74) is -2.57. The van der Waals surface area contributed by atoms with Crippen LogP contribution in [0.1, 0.15) is 50.7 Å². The minimum absolute atomic E-state index is 0.0153. The van der Waals surface area contributed by atoms with E-state index in [9.17, 15) is 13.2 Å². The molecule has 4 heterocycles. The molecule has 2 saturated heterocycles. The van der Waals surface area contributed by atoms with Crippen LogP contribution in [0.4, 0.5) is 14.9 Å². The second-order valence-electron chi connectivity index (χ2n) is 12.9. The van der Waals surface area contributed by atoms with Gasteiger partial charge in [0.2, 0.25) is 5.88 Å². The van der Waals surface area contributed by atoms with E-state index in [0.717, 1.165) is 51.4 Å². The second-order valence-corrected chi connectivity index (χ2v) is 15.1. The molecule has 1 atom stereocenters. The molecule has 0 bridgehead atoms. The van der Waals surface area contributed by atoms with Crippen molar-refractivity contribution in [2.45, 2.75) is 50.0 Å². The Morgan fingerprint density at radius 2 is 1.69 bits per heavy atom. The Bertz CT molecular complexity index is 1900. The Balaban J connectivity index is 1.43. The molecule has 3 aliphatic heterocycles. The molecule has 15 heteroatoms. The van der Waals surface area contributed by atoms with E-state index in [1.54, 1.807) is 17.9 Å². The maximum absolute atomic E-state index is 15.3. The lowest BCUT2D eigenvalue weighted by Crippen LogP contribution is -2.58. The highest BCUT2D eigenvalue weighted by atomic mass is 35.5. The van der Waals surface area contributed by atoms with Crippen LogP contribution < -0.4 is 23.8 Å². The summed E-state index contributed by atoms with van der Waals surface area (Å²) in [6, 6.07) is 8.51. The summed E-state index contributed by atoms with van der Waals surface area (Å²) in [6.45, 7) is 8.13. The van der Waals surface area contributed by atoms with Gasteiger partial charge in [-0.25, -0.2) is 22.6 Å². The van der Waals surface area contributed by atoms with Crippen LogP contribution in [0.25, 0.3) is 0 Å². The average molecular weight is 744 g/mol. The highest BCUT2D eigenvalue weighted by Crippen LogP contribution is 2.51. The van der Waals surface area contributed by atoms with Gasteiger partial charge in [0, 0.05) is 37.0 Å². The van der Waals surface area contributed by atoms with E-state index in [-0.39, 0.29) is 45.0 Å². The summed E-state index contributed by atoms with van der Waals surface area (Å²) >= 11 is 6.35. The van der Waals surface area contributed by atoms with E-state index in [4.69, 9.17) is 25.8 Å². The maximum atomic E-state index is 15.3. The summed E-state index contributed by atoms with van der Waals surface area (Å²) in [7, 11) is -2.14. The SMILES string of the molecule is CCOc1ncccc1C1(NC(=O)N2CCC(C3CCN(CC)CC3)CC2)C(=O)N(S(=O)(=O)c2ccc(OC)cc2OC)c2cc(F)c(Cl)cc21. The first-order valence-corrected chi connectivity index (χ1v) is 19.0. The number of carbonyl (C=O) groups is 2. The van der Waals surface area contributed by atoms with Crippen molar-refractivity contribution in [3.63, 3.8) is 0 Å². The third-order valence-electron chi connectivity index (χ3n) is 10.4. The van der Waals surface area contributed by atoms with Gasteiger partial charge in [-0.3, -0.25) is 4.79 Å². The van der Waals surface area contributed by atoms with Crippen LogP contribution >= 0.6 is 11.6 Å². The number of amides is 3. The van der Waals surface area contributed by atoms with E-state index < -0.39 is 33.3 Å². The molecule has 274 valence electrons. The number of carbonyl (C=O) groups excluding carboxylic acids is 2. The van der Waals surface area contributed by atoms with E-state index in [2.05, 4.69) is 22.1 Å². The molecule has 6 rings (SSSR count). The van der Waals surface area contributed by atoms with Crippen LogP contribution in [0.3, 0.4) is 0 Å². The lowest BCUT2D eigenvalue weighted by molar-refractivity contribution is -0.121. The first kappa shape index (κ1) is 36.6. The Hall–Kier alpha value is -4.14. The Morgan fingerprint density at radius 3 is 2.31 bits per heavy atom. The van der Waals surface area contributed by atoms with Crippen LogP contribution in [0, 0.1) is 17.7 Å². The minimum Gasteiger partial charge on any atom is -0.497 e. The standard InChI is InChI=1S/C36H43ClFN5O7S/c1-5-41-16-11-23(12-17-41)24-13-18-42(19-14-24)35(45)40-36(26-8-7-15-39-33(26)50-6-2)27-21-28(37)29(38)22-30(27)43(34(36)44)51(46,47)32-10-9-25(48-3)20-31(32)49-4/h7-10,15,20-24H,5-6,11-14,16-19H2,1-4H3,(H,40,45). The predicted octanol–water partition coefficient (Wildman–Crippen LogP) is 5.42. The molecular formula is C36H43ClFN5O7S. The molecule has 0 spiro atoms. The first-order valence-electron chi connectivity index (χ1n) is 17.2. The highest BCUT2D eigenvalue weighted by molar-refractivity contribution is 7.93. The van der Waals surface area contributed by atoms with Gasteiger partial charge in [-0.05, 0) is 94.4 Å². The Kier molecular flexibility index (Phi) is 10.7. The molecule has 0 saturated carbocycles. The Labute approximate surface area is 302 Å². The molecule has 3 aromatic rings. The average Bonchev–Trinajstić information content (AvgIpc) is 3.38. The van der Waals surface area contributed by atoms with E-state index >= 15 is 9.18 Å². The normalized spacial score (nSPS) is 20.3.